The summed E-state index contributed by atoms with van der Waals surface area (Å²) in [5, 5.41) is 18.0. The van der Waals surface area contributed by atoms with Crippen LogP contribution in [0, 0.1) is 0 Å². The van der Waals surface area contributed by atoms with E-state index in [4.69, 9.17) is 15.9 Å². The molecule has 9 heavy (non-hydrogen) atoms. The molecule has 0 aliphatic carbocycles. The summed E-state index contributed by atoms with van der Waals surface area (Å²) in [7, 11) is 0. The number of rotatable bonds is 3. The van der Waals surface area contributed by atoms with E-state index >= 15 is 0 Å². The lowest BCUT2D eigenvalue weighted by Crippen LogP contribution is -2.30. The minimum absolute atomic E-state index is 0.212. The minimum atomic E-state index is -0.807. The molecule has 56 valence electrons. The molecule has 0 fully saturated rings. The van der Waals surface area contributed by atoms with Crippen LogP contribution in [-0.2, 0) is 0 Å². The topological polar surface area (TPSA) is 66.5 Å². The maximum Gasteiger partial charge on any atom is 0.0689 e. The number of aliphatic hydroxyl groups excluding tert-OH is 1. The first-order valence-corrected chi connectivity index (χ1v) is 3.06. The van der Waals surface area contributed by atoms with E-state index in [2.05, 4.69) is 0 Å². The van der Waals surface area contributed by atoms with Crippen LogP contribution in [0.3, 0.4) is 0 Å². The Labute approximate surface area is 55.5 Å². The van der Waals surface area contributed by atoms with E-state index in [1.165, 1.54) is 0 Å². The molecule has 4 N–H and O–H groups in total. The first kappa shape index (κ1) is 8.88. The summed E-state index contributed by atoms with van der Waals surface area (Å²) in [6, 6.07) is 0. The summed E-state index contributed by atoms with van der Waals surface area (Å²) in [6.45, 7) is 3.50. The van der Waals surface area contributed by atoms with Gasteiger partial charge in [-0.1, -0.05) is 0 Å². The second kappa shape index (κ2) is 3.15. The molecule has 0 aliphatic rings. The van der Waals surface area contributed by atoms with E-state index in [0.29, 0.717) is 6.42 Å². The molecule has 1 atom stereocenters. The summed E-state index contributed by atoms with van der Waals surface area (Å²) < 4.78 is 0. The van der Waals surface area contributed by atoms with Crippen molar-refractivity contribution < 1.29 is 10.2 Å². The summed E-state index contributed by atoms with van der Waals surface area (Å²) in [4.78, 5) is 0. The highest BCUT2D eigenvalue weighted by Crippen LogP contribution is 2.09. The second-order valence-corrected chi connectivity index (χ2v) is 2.91. The zero-order chi connectivity index (χ0) is 7.49. The number of hydrogen-bond acceptors (Lipinski definition) is 3. The van der Waals surface area contributed by atoms with E-state index < -0.39 is 11.7 Å². The molecule has 0 aromatic carbocycles. The van der Waals surface area contributed by atoms with Crippen molar-refractivity contribution >= 4 is 0 Å². The Bertz CT molecular complexity index is 77.6. The Morgan fingerprint density at radius 2 is 2.00 bits per heavy atom. The molecule has 0 aliphatic heterocycles. The standard InChI is InChI=1S/C6H15NO2/c1-6(2,9)3-5(8)4-7/h5,8-9H,3-4,7H2,1-2H3. The molecule has 0 bridgehead atoms. The Hall–Kier alpha value is -0.120. The predicted molar refractivity (Wildman–Crippen MR) is 36.0 cm³/mol. The van der Waals surface area contributed by atoms with Crippen LogP contribution in [0.4, 0.5) is 0 Å². The fourth-order valence-electron chi connectivity index (χ4n) is 0.660. The molecule has 0 radical (unpaired) electrons. The summed E-state index contributed by atoms with van der Waals surface area (Å²) >= 11 is 0. The summed E-state index contributed by atoms with van der Waals surface area (Å²) in [5.41, 5.74) is 4.31. The highest BCUT2D eigenvalue weighted by Gasteiger charge is 2.16. The second-order valence-electron chi connectivity index (χ2n) is 2.91. The molecule has 1 unspecified atom stereocenters. The molecule has 0 spiro atoms. The van der Waals surface area contributed by atoms with Crippen molar-refractivity contribution in [3.63, 3.8) is 0 Å². The number of nitrogens with two attached hydrogens (primary N) is 1. The molecule has 3 nitrogen and oxygen atoms in total. The van der Waals surface area contributed by atoms with Gasteiger partial charge < -0.3 is 15.9 Å². The predicted octanol–water partition coefficient (Wildman–Crippen LogP) is -0.533. The van der Waals surface area contributed by atoms with E-state index in [9.17, 15) is 0 Å². The summed E-state index contributed by atoms with van der Waals surface area (Å²) in [6.07, 6.45) is -0.242. The van der Waals surface area contributed by atoms with E-state index in [-0.39, 0.29) is 6.54 Å². The third-order valence-electron chi connectivity index (χ3n) is 1.01. The lowest BCUT2D eigenvalue weighted by Gasteiger charge is -2.19. The molecule has 0 aromatic rings. The molecule has 0 aromatic heterocycles. The van der Waals surface area contributed by atoms with Gasteiger partial charge in [0, 0.05) is 13.0 Å². The first-order valence-electron chi connectivity index (χ1n) is 3.06. The Morgan fingerprint density at radius 1 is 1.56 bits per heavy atom. The SMILES string of the molecule is CC(C)(O)CC(O)CN. The van der Waals surface area contributed by atoms with Gasteiger partial charge in [0.05, 0.1) is 11.7 Å². The highest BCUT2D eigenvalue weighted by atomic mass is 16.3. The fraction of sp³-hybridized carbons (Fsp3) is 1.00. The van der Waals surface area contributed by atoms with Gasteiger partial charge >= 0.3 is 0 Å². The molecular formula is C6H15NO2. The largest absolute Gasteiger partial charge is 0.392 e. The van der Waals surface area contributed by atoms with Crippen LogP contribution < -0.4 is 5.73 Å². The Morgan fingerprint density at radius 3 is 2.11 bits per heavy atom. The van der Waals surface area contributed by atoms with Gasteiger partial charge in [-0.2, -0.15) is 0 Å². The highest BCUT2D eigenvalue weighted by molar-refractivity contribution is 4.70. The average molecular weight is 133 g/mol. The van der Waals surface area contributed by atoms with Crippen LogP contribution in [0.1, 0.15) is 20.3 Å². The molecule has 0 heterocycles. The van der Waals surface area contributed by atoms with Crippen LogP contribution in [-0.4, -0.2) is 28.5 Å². The maximum absolute atomic E-state index is 9.10. The van der Waals surface area contributed by atoms with Gasteiger partial charge in [0.2, 0.25) is 0 Å². The summed E-state index contributed by atoms with van der Waals surface area (Å²) in [5.74, 6) is 0. The third-order valence-corrected chi connectivity index (χ3v) is 1.01. The van der Waals surface area contributed by atoms with Crippen LogP contribution in [0.15, 0.2) is 0 Å². The zero-order valence-electron chi connectivity index (χ0n) is 5.96. The zero-order valence-corrected chi connectivity index (χ0v) is 5.96. The Kier molecular flexibility index (Phi) is 3.11. The van der Waals surface area contributed by atoms with E-state index in [0.717, 1.165) is 0 Å². The average Bonchev–Trinajstić information content (AvgIpc) is 1.62. The van der Waals surface area contributed by atoms with E-state index in [1.54, 1.807) is 13.8 Å². The molecule has 0 amide bonds. The third kappa shape index (κ3) is 5.76. The fourth-order valence-corrected chi connectivity index (χ4v) is 0.660. The van der Waals surface area contributed by atoms with E-state index in [1.807, 2.05) is 0 Å². The quantitative estimate of drug-likeness (QED) is 0.484. The van der Waals surface area contributed by atoms with Gasteiger partial charge in [-0.25, -0.2) is 0 Å². The van der Waals surface area contributed by atoms with Crippen molar-refractivity contribution in [2.75, 3.05) is 6.54 Å². The van der Waals surface area contributed by atoms with Crippen molar-refractivity contribution in [3.05, 3.63) is 0 Å². The van der Waals surface area contributed by atoms with Gasteiger partial charge in [-0.3, -0.25) is 0 Å². The first-order chi connectivity index (χ1) is 3.95. The van der Waals surface area contributed by atoms with Gasteiger partial charge in [-0.15, -0.1) is 0 Å². The number of hydrogen-bond donors (Lipinski definition) is 3. The minimum Gasteiger partial charge on any atom is -0.392 e. The van der Waals surface area contributed by atoms with Gasteiger partial charge in [0.25, 0.3) is 0 Å². The van der Waals surface area contributed by atoms with Gasteiger partial charge in [-0.05, 0) is 13.8 Å². The Balaban J connectivity index is 3.47. The van der Waals surface area contributed by atoms with Crippen molar-refractivity contribution in [2.24, 2.45) is 5.73 Å². The van der Waals surface area contributed by atoms with Crippen molar-refractivity contribution in [3.8, 4) is 0 Å². The molecule has 0 saturated carbocycles. The molecular weight excluding hydrogens is 118 g/mol. The van der Waals surface area contributed by atoms with Crippen LogP contribution in [0.5, 0.6) is 0 Å². The van der Waals surface area contributed by atoms with Crippen LogP contribution >= 0.6 is 0 Å². The molecule has 3 heteroatoms. The lowest BCUT2D eigenvalue weighted by atomic mass is 10.0. The van der Waals surface area contributed by atoms with Crippen LogP contribution in [0.25, 0.3) is 0 Å². The van der Waals surface area contributed by atoms with Gasteiger partial charge in [0.15, 0.2) is 0 Å². The van der Waals surface area contributed by atoms with Crippen molar-refractivity contribution in [1.29, 1.82) is 0 Å². The van der Waals surface area contributed by atoms with Gasteiger partial charge in [0.1, 0.15) is 0 Å². The maximum atomic E-state index is 9.10. The number of aliphatic hydroxyl groups is 2. The van der Waals surface area contributed by atoms with Crippen molar-refractivity contribution in [1.82, 2.24) is 0 Å². The van der Waals surface area contributed by atoms with Crippen molar-refractivity contribution in [2.45, 2.75) is 32.0 Å². The normalized spacial score (nSPS) is 15.7. The molecule has 0 saturated heterocycles. The monoisotopic (exact) mass is 133 g/mol. The smallest absolute Gasteiger partial charge is 0.0689 e. The lowest BCUT2D eigenvalue weighted by molar-refractivity contribution is 0.0216. The molecule has 0 rings (SSSR count). The van der Waals surface area contributed by atoms with Crippen LogP contribution in [0.2, 0.25) is 0 Å².